The van der Waals surface area contributed by atoms with Crippen LogP contribution in [0.25, 0.3) is 0 Å². The largest absolute Gasteiger partial charge is 0.347 e. The van der Waals surface area contributed by atoms with Gasteiger partial charge in [0.25, 0.3) is 0 Å². The molecule has 1 aliphatic carbocycles. The van der Waals surface area contributed by atoms with Crippen molar-refractivity contribution in [1.82, 2.24) is 20.9 Å². The number of rotatable bonds is 6. The van der Waals surface area contributed by atoms with Gasteiger partial charge in [-0.15, -0.1) is 0 Å². The molecule has 1 saturated heterocycles. The Labute approximate surface area is 179 Å². The minimum atomic E-state index is -0.669. The van der Waals surface area contributed by atoms with Crippen molar-refractivity contribution in [3.05, 3.63) is 69.4 Å². The number of pyridine rings is 1. The number of H-pyrrole nitrogens is 1. The molecule has 4 unspecified atom stereocenters. The Morgan fingerprint density at radius 1 is 1.19 bits per heavy atom. The number of aryl methyl sites for hydroxylation is 1. The zero-order chi connectivity index (χ0) is 22.0. The summed E-state index contributed by atoms with van der Waals surface area (Å²) in [4.78, 5) is 39.5. The number of carbonyl (C=O) groups is 2. The molecule has 4 rings (SSSR count). The highest BCUT2D eigenvalue weighted by atomic mass is 19.1. The van der Waals surface area contributed by atoms with E-state index >= 15 is 0 Å². The number of fused-ring (bicyclic) bond motifs is 1. The zero-order valence-electron chi connectivity index (χ0n) is 17.4. The quantitative estimate of drug-likeness (QED) is 0.560. The second-order valence-corrected chi connectivity index (χ2v) is 8.48. The lowest BCUT2D eigenvalue weighted by molar-refractivity contribution is -0.129. The van der Waals surface area contributed by atoms with Gasteiger partial charge in [-0.2, -0.15) is 0 Å². The van der Waals surface area contributed by atoms with Gasteiger partial charge in [-0.25, -0.2) is 4.39 Å². The van der Waals surface area contributed by atoms with Crippen LogP contribution in [0.1, 0.15) is 42.6 Å². The Morgan fingerprint density at radius 2 is 1.97 bits per heavy atom. The third-order valence-corrected chi connectivity index (χ3v) is 6.14. The molecular formula is C23H27FN4O3. The Hall–Kier alpha value is -3.00. The second-order valence-electron chi connectivity index (χ2n) is 8.48. The number of aromatic nitrogens is 1. The molecule has 2 heterocycles. The summed E-state index contributed by atoms with van der Waals surface area (Å²) in [7, 11) is 0. The highest BCUT2D eigenvalue weighted by Gasteiger charge is 2.32. The summed E-state index contributed by atoms with van der Waals surface area (Å²) in [5.74, 6) is -0.423. The number of aromatic amines is 1. The van der Waals surface area contributed by atoms with E-state index in [-0.39, 0.29) is 41.2 Å². The van der Waals surface area contributed by atoms with Crippen molar-refractivity contribution in [2.75, 3.05) is 6.54 Å². The van der Waals surface area contributed by atoms with E-state index in [1.165, 1.54) is 18.2 Å². The van der Waals surface area contributed by atoms with E-state index in [1.54, 1.807) is 25.1 Å². The topological polar surface area (TPSA) is 103 Å². The Bertz CT molecular complexity index is 1020. The third kappa shape index (κ3) is 5.02. The highest BCUT2D eigenvalue weighted by Crippen LogP contribution is 2.28. The maximum Gasteiger partial charge on any atom is 0.248 e. The minimum absolute atomic E-state index is 0.145. The molecular weight excluding hydrogens is 399 g/mol. The molecule has 0 saturated carbocycles. The summed E-state index contributed by atoms with van der Waals surface area (Å²) in [6.45, 7) is 2.37. The number of benzene rings is 1. The molecule has 4 N–H and O–H groups in total. The molecule has 7 nitrogen and oxygen atoms in total. The van der Waals surface area contributed by atoms with Crippen molar-refractivity contribution < 1.29 is 14.0 Å². The van der Waals surface area contributed by atoms with E-state index in [9.17, 15) is 18.8 Å². The van der Waals surface area contributed by atoms with Gasteiger partial charge in [-0.05, 0) is 74.4 Å². The first-order chi connectivity index (χ1) is 14.9. The van der Waals surface area contributed by atoms with Crippen LogP contribution in [0.15, 0.2) is 41.2 Å². The Kier molecular flexibility index (Phi) is 6.18. The van der Waals surface area contributed by atoms with E-state index in [4.69, 9.17) is 0 Å². The molecule has 1 aliphatic heterocycles. The predicted molar refractivity (Wildman–Crippen MR) is 114 cm³/mol. The summed E-state index contributed by atoms with van der Waals surface area (Å²) in [5.41, 5.74) is 2.68. The predicted octanol–water partition coefficient (Wildman–Crippen LogP) is 1.34. The molecule has 0 radical (unpaired) electrons. The van der Waals surface area contributed by atoms with E-state index < -0.39 is 6.04 Å². The molecule has 1 fully saturated rings. The van der Waals surface area contributed by atoms with Crippen LogP contribution in [0.3, 0.4) is 0 Å². The number of nitrogens with one attached hydrogen (secondary N) is 4. The number of carbonyl (C=O) groups excluding carboxylic acids is 2. The zero-order valence-corrected chi connectivity index (χ0v) is 17.4. The van der Waals surface area contributed by atoms with Crippen molar-refractivity contribution in [3.63, 3.8) is 0 Å². The lowest BCUT2D eigenvalue weighted by Gasteiger charge is -2.20. The molecule has 8 heteroatoms. The van der Waals surface area contributed by atoms with Gasteiger partial charge in [0.2, 0.25) is 17.4 Å². The SMILES string of the molecule is CC(NC(=O)C1CC(Cc2ccc(F)cc2)CN1)C(=O)NC1CCc2[nH]c(=O)ccc21. The fourth-order valence-electron chi connectivity index (χ4n) is 4.45. The van der Waals surface area contributed by atoms with E-state index in [2.05, 4.69) is 20.9 Å². The first-order valence-corrected chi connectivity index (χ1v) is 10.7. The van der Waals surface area contributed by atoms with Crippen LogP contribution >= 0.6 is 0 Å². The van der Waals surface area contributed by atoms with Crippen LogP contribution < -0.4 is 21.5 Å². The number of halogens is 1. The first-order valence-electron chi connectivity index (χ1n) is 10.7. The van der Waals surface area contributed by atoms with Crippen molar-refractivity contribution in [1.29, 1.82) is 0 Å². The number of hydrogen-bond donors (Lipinski definition) is 4. The molecule has 4 atom stereocenters. The van der Waals surface area contributed by atoms with Crippen LogP contribution in [0.5, 0.6) is 0 Å². The van der Waals surface area contributed by atoms with Gasteiger partial charge in [0.1, 0.15) is 11.9 Å². The summed E-state index contributed by atoms with van der Waals surface area (Å²) in [6.07, 6.45) is 2.87. The minimum Gasteiger partial charge on any atom is -0.347 e. The standard InChI is InChI=1S/C23H27FN4O3/c1-13(22(30)28-19-8-7-18-17(19)6-9-21(29)27-18)26-23(31)20-11-15(12-25-20)10-14-2-4-16(24)5-3-14/h2-6,9,13,15,19-20,25H,7-8,10-12H2,1H3,(H,26,31)(H,27,29)(H,28,30). The second kappa shape index (κ2) is 9.01. The molecule has 2 aromatic rings. The van der Waals surface area contributed by atoms with E-state index in [0.29, 0.717) is 19.4 Å². The van der Waals surface area contributed by atoms with Crippen LogP contribution in [0.2, 0.25) is 0 Å². The lowest BCUT2D eigenvalue weighted by Crippen LogP contribution is -2.50. The van der Waals surface area contributed by atoms with Gasteiger partial charge in [0, 0.05) is 11.8 Å². The average Bonchev–Trinajstić information content (AvgIpc) is 3.36. The van der Waals surface area contributed by atoms with Crippen LogP contribution in [-0.2, 0) is 22.4 Å². The summed E-state index contributed by atoms with van der Waals surface area (Å²) in [5, 5.41) is 8.99. The van der Waals surface area contributed by atoms with Crippen LogP contribution in [0, 0.1) is 11.7 Å². The van der Waals surface area contributed by atoms with Crippen LogP contribution in [0.4, 0.5) is 4.39 Å². The lowest BCUT2D eigenvalue weighted by atomic mass is 9.96. The Morgan fingerprint density at radius 3 is 2.74 bits per heavy atom. The van der Waals surface area contributed by atoms with Gasteiger partial charge < -0.3 is 20.9 Å². The summed E-state index contributed by atoms with van der Waals surface area (Å²) in [6, 6.07) is 8.46. The third-order valence-electron chi connectivity index (χ3n) is 6.14. The molecule has 1 aromatic heterocycles. The maximum atomic E-state index is 13.1. The Balaban J connectivity index is 1.26. The average molecular weight is 426 g/mol. The molecule has 31 heavy (non-hydrogen) atoms. The molecule has 0 bridgehead atoms. The smallest absolute Gasteiger partial charge is 0.248 e. The first kappa shape index (κ1) is 21.2. The van der Waals surface area contributed by atoms with Crippen molar-refractivity contribution >= 4 is 11.8 Å². The maximum absolute atomic E-state index is 13.1. The van der Waals surface area contributed by atoms with Gasteiger partial charge in [-0.1, -0.05) is 12.1 Å². The monoisotopic (exact) mass is 426 g/mol. The van der Waals surface area contributed by atoms with Gasteiger partial charge in [0.15, 0.2) is 0 Å². The van der Waals surface area contributed by atoms with Crippen molar-refractivity contribution in [3.8, 4) is 0 Å². The van der Waals surface area contributed by atoms with Gasteiger partial charge >= 0.3 is 0 Å². The van der Waals surface area contributed by atoms with Crippen molar-refractivity contribution in [2.24, 2.45) is 5.92 Å². The van der Waals surface area contributed by atoms with Crippen molar-refractivity contribution in [2.45, 2.75) is 50.7 Å². The molecule has 1 aromatic carbocycles. The van der Waals surface area contributed by atoms with Gasteiger partial charge in [0.05, 0.1) is 12.1 Å². The van der Waals surface area contributed by atoms with E-state index in [1.807, 2.05) is 0 Å². The molecule has 0 spiro atoms. The number of amides is 2. The molecule has 164 valence electrons. The fourth-order valence-corrected chi connectivity index (χ4v) is 4.45. The normalized spacial score (nSPS) is 23.2. The van der Waals surface area contributed by atoms with Crippen LogP contribution in [-0.4, -0.2) is 35.4 Å². The van der Waals surface area contributed by atoms with E-state index in [0.717, 1.165) is 29.7 Å². The molecule has 2 aliphatic rings. The van der Waals surface area contributed by atoms with Gasteiger partial charge in [-0.3, -0.25) is 14.4 Å². The highest BCUT2D eigenvalue weighted by molar-refractivity contribution is 5.89. The molecule has 2 amide bonds. The summed E-state index contributed by atoms with van der Waals surface area (Å²) >= 11 is 0. The fraction of sp³-hybridized carbons (Fsp3) is 0.435. The number of hydrogen-bond acceptors (Lipinski definition) is 4. The summed E-state index contributed by atoms with van der Waals surface area (Å²) < 4.78 is 13.1.